The van der Waals surface area contributed by atoms with E-state index in [1.165, 1.54) is 0 Å². The number of hydrogen-bond donors (Lipinski definition) is 2. The van der Waals surface area contributed by atoms with Gasteiger partial charge < -0.3 is 10.4 Å². The Labute approximate surface area is 144 Å². The third kappa shape index (κ3) is 5.15. The molecule has 2 rings (SSSR count). The van der Waals surface area contributed by atoms with Gasteiger partial charge in [-0.05, 0) is 17.4 Å². The first-order valence-corrected chi connectivity index (χ1v) is 8.37. The first kappa shape index (κ1) is 17.6. The van der Waals surface area contributed by atoms with Crippen molar-refractivity contribution in [3.63, 3.8) is 0 Å². The van der Waals surface area contributed by atoms with Crippen LogP contribution in [-0.4, -0.2) is 16.2 Å². The predicted molar refractivity (Wildman–Crippen MR) is 101 cm³/mol. The van der Waals surface area contributed by atoms with Crippen molar-refractivity contribution in [2.75, 3.05) is 0 Å². The summed E-state index contributed by atoms with van der Waals surface area (Å²) in [6.07, 6.45) is 0.194. The molecule has 0 fully saturated rings. The molecule has 2 unspecified atom stereocenters. The maximum atomic E-state index is 10.5. The van der Waals surface area contributed by atoms with Gasteiger partial charge in [-0.3, -0.25) is 0 Å². The van der Waals surface area contributed by atoms with Crippen molar-refractivity contribution in [2.45, 2.75) is 39.3 Å². The van der Waals surface area contributed by atoms with E-state index in [2.05, 4.69) is 38.2 Å². The van der Waals surface area contributed by atoms with Crippen LogP contribution in [0.1, 0.15) is 44.4 Å². The van der Waals surface area contributed by atoms with Crippen molar-refractivity contribution in [3.05, 3.63) is 71.8 Å². The second kappa shape index (κ2) is 7.71. The molecule has 23 heavy (non-hydrogen) atoms. The van der Waals surface area contributed by atoms with Gasteiger partial charge in [0.05, 0.1) is 12.1 Å². The molecule has 0 amide bonds. The summed E-state index contributed by atoms with van der Waals surface area (Å²) in [5, 5.41) is 13.9. The zero-order valence-corrected chi connectivity index (χ0v) is 14.8. The number of aliphatic hydroxyl groups excluding tert-OH is 1. The summed E-state index contributed by atoms with van der Waals surface area (Å²) in [4.78, 5) is 0.709. The summed E-state index contributed by atoms with van der Waals surface area (Å²) < 4.78 is 0. The molecule has 0 aromatic heterocycles. The lowest BCUT2D eigenvalue weighted by molar-refractivity contribution is 0.0480. The number of thiocarbonyl (C=S) groups is 1. The van der Waals surface area contributed by atoms with Gasteiger partial charge in [-0.1, -0.05) is 93.7 Å². The van der Waals surface area contributed by atoms with Crippen LogP contribution in [-0.2, 0) is 0 Å². The van der Waals surface area contributed by atoms with Gasteiger partial charge in [-0.2, -0.15) is 0 Å². The minimum Gasteiger partial charge on any atom is -0.392 e. The molecule has 2 atom stereocenters. The quantitative estimate of drug-likeness (QED) is 0.794. The third-order valence-electron chi connectivity index (χ3n) is 4.00. The summed E-state index contributed by atoms with van der Waals surface area (Å²) in [7, 11) is 0. The minimum atomic E-state index is -0.418. The molecule has 122 valence electrons. The number of rotatable bonds is 5. The maximum absolute atomic E-state index is 10.5. The first-order valence-electron chi connectivity index (χ1n) is 7.97. The van der Waals surface area contributed by atoms with Gasteiger partial charge in [-0.25, -0.2) is 0 Å². The van der Waals surface area contributed by atoms with E-state index in [0.29, 0.717) is 11.4 Å². The van der Waals surface area contributed by atoms with Crippen molar-refractivity contribution >= 4 is 17.2 Å². The Morgan fingerprint density at radius 2 is 1.52 bits per heavy atom. The van der Waals surface area contributed by atoms with Crippen molar-refractivity contribution in [1.82, 2.24) is 5.32 Å². The van der Waals surface area contributed by atoms with Gasteiger partial charge in [0.1, 0.15) is 4.99 Å². The Hall–Kier alpha value is -1.71. The van der Waals surface area contributed by atoms with Gasteiger partial charge in [0.25, 0.3) is 0 Å². The molecule has 2 nitrogen and oxygen atoms in total. The van der Waals surface area contributed by atoms with Crippen LogP contribution < -0.4 is 5.32 Å². The van der Waals surface area contributed by atoms with E-state index in [0.717, 1.165) is 11.1 Å². The predicted octanol–water partition coefficient (Wildman–Crippen LogP) is 4.49. The van der Waals surface area contributed by atoms with Crippen LogP contribution in [0, 0.1) is 5.41 Å². The zero-order valence-electron chi connectivity index (χ0n) is 14.0. The standard InChI is InChI=1S/C20H25NOS/c1-20(2,3)18(22)14-17(15-10-6-4-7-11-15)21-19(23)16-12-8-5-9-13-16/h4-13,17-18,22H,14H2,1-3H3,(H,21,23). The van der Waals surface area contributed by atoms with E-state index < -0.39 is 6.10 Å². The highest BCUT2D eigenvalue weighted by atomic mass is 32.1. The minimum absolute atomic E-state index is 0.0156. The second-order valence-corrected chi connectivity index (χ2v) is 7.33. The fraction of sp³-hybridized carbons (Fsp3) is 0.350. The van der Waals surface area contributed by atoms with E-state index in [-0.39, 0.29) is 11.5 Å². The van der Waals surface area contributed by atoms with Crippen LogP contribution in [0.5, 0.6) is 0 Å². The number of benzene rings is 2. The molecule has 2 aromatic carbocycles. The number of nitrogens with one attached hydrogen (secondary N) is 1. The Balaban J connectivity index is 2.19. The average Bonchev–Trinajstić information content (AvgIpc) is 2.55. The summed E-state index contributed by atoms with van der Waals surface area (Å²) in [6, 6.07) is 20.1. The largest absolute Gasteiger partial charge is 0.392 e. The summed E-state index contributed by atoms with van der Waals surface area (Å²) in [6.45, 7) is 6.15. The fourth-order valence-corrected chi connectivity index (χ4v) is 2.65. The van der Waals surface area contributed by atoms with Crippen LogP contribution in [0.25, 0.3) is 0 Å². The molecule has 0 radical (unpaired) electrons. The molecule has 0 aliphatic heterocycles. The lowest BCUT2D eigenvalue weighted by Crippen LogP contribution is -2.35. The van der Waals surface area contributed by atoms with E-state index >= 15 is 0 Å². The van der Waals surface area contributed by atoms with Crippen molar-refractivity contribution in [2.24, 2.45) is 5.41 Å². The van der Waals surface area contributed by atoms with E-state index in [9.17, 15) is 5.11 Å². The highest BCUT2D eigenvalue weighted by Crippen LogP contribution is 2.28. The van der Waals surface area contributed by atoms with Crippen molar-refractivity contribution in [1.29, 1.82) is 0 Å². The Morgan fingerprint density at radius 3 is 2.04 bits per heavy atom. The Bertz CT molecular complexity index is 619. The van der Waals surface area contributed by atoms with Gasteiger partial charge >= 0.3 is 0 Å². The van der Waals surface area contributed by atoms with E-state index in [1.807, 2.05) is 48.5 Å². The normalized spacial score (nSPS) is 14.1. The maximum Gasteiger partial charge on any atom is 0.107 e. The Kier molecular flexibility index (Phi) is 5.91. The van der Waals surface area contributed by atoms with Gasteiger partial charge in [0.2, 0.25) is 0 Å². The zero-order chi connectivity index (χ0) is 16.9. The van der Waals surface area contributed by atoms with Gasteiger partial charge in [0, 0.05) is 5.56 Å². The lowest BCUT2D eigenvalue weighted by Gasteiger charge is -2.30. The van der Waals surface area contributed by atoms with Crippen molar-refractivity contribution < 1.29 is 5.11 Å². The van der Waals surface area contributed by atoms with Crippen LogP contribution in [0.15, 0.2) is 60.7 Å². The first-order chi connectivity index (χ1) is 10.9. The lowest BCUT2D eigenvalue weighted by atomic mass is 9.84. The van der Waals surface area contributed by atoms with Crippen LogP contribution >= 0.6 is 12.2 Å². The van der Waals surface area contributed by atoms with Crippen LogP contribution in [0.2, 0.25) is 0 Å². The van der Waals surface area contributed by atoms with Gasteiger partial charge in [-0.15, -0.1) is 0 Å². The Morgan fingerprint density at radius 1 is 1.00 bits per heavy atom. The molecule has 3 heteroatoms. The highest BCUT2D eigenvalue weighted by molar-refractivity contribution is 7.80. The summed E-state index contributed by atoms with van der Waals surface area (Å²) in [5.41, 5.74) is 1.96. The van der Waals surface area contributed by atoms with E-state index in [1.54, 1.807) is 0 Å². The summed E-state index contributed by atoms with van der Waals surface area (Å²) >= 11 is 5.55. The molecule has 0 saturated carbocycles. The fourth-order valence-electron chi connectivity index (χ4n) is 2.37. The van der Waals surface area contributed by atoms with Crippen molar-refractivity contribution in [3.8, 4) is 0 Å². The van der Waals surface area contributed by atoms with Gasteiger partial charge in [0.15, 0.2) is 0 Å². The summed E-state index contributed by atoms with van der Waals surface area (Å²) in [5.74, 6) is 0. The monoisotopic (exact) mass is 327 g/mol. The second-order valence-electron chi connectivity index (χ2n) is 6.92. The number of hydrogen-bond acceptors (Lipinski definition) is 2. The third-order valence-corrected chi connectivity index (χ3v) is 4.36. The van der Waals surface area contributed by atoms with Crippen LogP contribution in [0.3, 0.4) is 0 Å². The topological polar surface area (TPSA) is 32.3 Å². The molecule has 0 saturated heterocycles. The van der Waals surface area contributed by atoms with E-state index in [4.69, 9.17) is 12.2 Å². The smallest absolute Gasteiger partial charge is 0.107 e. The molecule has 0 spiro atoms. The van der Waals surface area contributed by atoms with Crippen LogP contribution in [0.4, 0.5) is 0 Å². The molecule has 0 heterocycles. The molecule has 2 N–H and O–H groups in total. The number of aliphatic hydroxyl groups is 1. The SMILES string of the molecule is CC(C)(C)C(O)CC(NC(=S)c1ccccc1)c1ccccc1. The average molecular weight is 327 g/mol. The molecule has 0 aliphatic rings. The molecular weight excluding hydrogens is 302 g/mol. The molecular formula is C20H25NOS. The highest BCUT2D eigenvalue weighted by Gasteiger charge is 2.26. The molecule has 0 bridgehead atoms. The molecule has 0 aliphatic carbocycles. The molecule has 2 aromatic rings.